The van der Waals surface area contributed by atoms with E-state index < -0.39 is 16.6 Å². The van der Waals surface area contributed by atoms with Crippen LogP contribution in [0, 0.1) is 0 Å². The molecule has 6 rings (SSSR count). The standard InChI is InChI=1S/C50H53ClO5/c1-37(52)33-54-39(3)36-55-38(2)34-53-35-40(4)56-50(45-25-13-7-14-26-45,46-27-15-8-16-28-46)48-30-18-20-42(32-48)41-19-17-29-47(31-41)49(51,43-21-9-5-10-22-43)44-23-11-6-12-24-44/h5-32,37-40,52H,33-36H2,1-4H3. The molecule has 0 radical (unpaired) electrons. The fourth-order valence-electron chi connectivity index (χ4n) is 7.15. The Kier molecular flexibility index (Phi) is 14.3. The molecule has 4 unspecified atom stereocenters. The summed E-state index contributed by atoms with van der Waals surface area (Å²) in [5.74, 6) is 0. The molecule has 1 N–H and O–H groups in total. The highest BCUT2D eigenvalue weighted by molar-refractivity contribution is 6.28. The van der Waals surface area contributed by atoms with Gasteiger partial charge < -0.3 is 24.1 Å². The van der Waals surface area contributed by atoms with Crippen molar-refractivity contribution in [3.05, 3.63) is 203 Å². The molecule has 5 nitrogen and oxygen atoms in total. The SMILES string of the molecule is CC(O)COC(C)COC(C)COCC(C)OC(c1ccccc1)(c1ccccc1)c1cccc(-c2cccc(C(Cl)(c3ccccc3)c3ccccc3)c2)c1. The Morgan fingerprint density at radius 1 is 0.446 bits per heavy atom. The van der Waals surface area contributed by atoms with Crippen molar-refractivity contribution in [1.82, 2.24) is 0 Å². The predicted molar refractivity (Wildman–Crippen MR) is 227 cm³/mol. The van der Waals surface area contributed by atoms with E-state index in [4.69, 9.17) is 30.5 Å². The summed E-state index contributed by atoms with van der Waals surface area (Å²) in [5, 5.41) is 9.52. The number of hydrogen-bond acceptors (Lipinski definition) is 5. The Labute approximate surface area is 337 Å². The summed E-state index contributed by atoms with van der Waals surface area (Å²) in [6, 6.07) is 58.6. The van der Waals surface area contributed by atoms with E-state index in [0.29, 0.717) is 19.8 Å². The Morgan fingerprint density at radius 3 is 1.34 bits per heavy atom. The van der Waals surface area contributed by atoms with Crippen LogP contribution in [0.15, 0.2) is 170 Å². The molecule has 6 aromatic rings. The van der Waals surface area contributed by atoms with E-state index in [2.05, 4.69) is 128 Å². The molecule has 6 heteroatoms. The van der Waals surface area contributed by atoms with Gasteiger partial charge in [0.2, 0.25) is 0 Å². The van der Waals surface area contributed by atoms with E-state index in [0.717, 1.165) is 44.5 Å². The normalized spacial score (nSPS) is 14.2. The molecule has 0 bridgehead atoms. The fourth-order valence-corrected chi connectivity index (χ4v) is 7.52. The van der Waals surface area contributed by atoms with Crippen molar-refractivity contribution in [2.24, 2.45) is 0 Å². The third-order valence-corrected chi connectivity index (χ3v) is 10.5. The molecule has 4 atom stereocenters. The summed E-state index contributed by atoms with van der Waals surface area (Å²) in [6.45, 7) is 9.14. The van der Waals surface area contributed by atoms with E-state index in [1.54, 1.807) is 6.92 Å². The molecule has 0 fully saturated rings. The first-order chi connectivity index (χ1) is 27.2. The molecular formula is C50H53ClO5. The minimum Gasteiger partial charge on any atom is -0.391 e. The first-order valence-electron chi connectivity index (χ1n) is 19.5. The highest BCUT2D eigenvalue weighted by Crippen LogP contribution is 2.45. The van der Waals surface area contributed by atoms with E-state index >= 15 is 0 Å². The van der Waals surface area contributed by atoms with Crippen LogP contribution in [0.4, 0.5) is 0 Å². The van der Waals surface area contributed by atoms with Gasteiger partial charge in [0, 0.05) is 0 Å². The van der Waals surface area contributed by atoms with Crippen LogP contribution in [-0.2, 0) is 29.4 Å². The zero-order chi connectivity index (χ0) is 39.4. The van der Waals surface area contributed by atoms with Crippen LogP contribution in [0.5, 0.6) is 0 Å². The topological polar surface area (TPSA) is 57.2 Å². The number of rotatable bonds is 19. The molecule has 0 aliphatic carbocycles. The lowest BCUT2D eigenvalue weighted by Gasteiger charge is -2.38. The number of alkyl halides is 1. The number of benzene rings is 6. The number of halogens is 1. The molecule has 0 aromatic heterocycles. The number of hydrogen-bond donors (Lipinski definition) is 1. The zero-order valence-corrected chi connectivity index (χ0v) is 33.5. The average molecular weight is 769 g/mol. The predicted octanol–water partition coefficient (Wildman–Crippen LogP) is 10.8. The first kappa shape index (κ1) is 41.1. The van der Waals surface area contributed by atoms with Gasteiger partial charge in [0.1, 0.15) is 10.5 Å². The molecule has 56 heavy (non-hydrogen) atoms. The van der Waals surface area contributed by atoms with Crippen molar-refractivity contribution in [2.75, 3.05) is 26.4 Å². The van der Waals surface area contributed by atoms with Crippen LogP contribution in [0.25, 0.3) is 11.1 Å². The largest absolute Gasteiger partial charge is 0.391 e. The molecule has 0 aliphatic heterocycles. The second kappa shape index (κ2) is 19.5. The van der Waals surface area contributed by atoms with Crippen molar-refractivity contribution in [2.45, 2.75) is 62.6 Å². The van der Waals surface area contributed by atoms with E-state index in [1.165, 1.54) is 0 Å². The van der Waals surface area contributed by atoms with Crippen LogP contribution in [0.1, 0.15) is 61.1 Å². The third kappa shape index (κ3) is 9.85. The van der Waals surface area contributed by atoms with Gasteiger partial charge in [0.05, 0.1) is 50.8 Å². The minimum atomic E-state index is -0.956. The van der Waals surface area contributed by atoms with Gasteiger partial charge in [-0.2, -0.15) is 0 Å². The minimum absolute atomic E-state index is 0.130. The van der Waals surface area contributed by atoms with Crippen LogP contribution >= 0.6 is 11.6 Å². The molecule has 0 aliphatic rings. The molecule has 6 aromatic carbocycles. The zero-order valence-electron chi connectivity index (χ0n) is 32.8. The Morgan fingerprint density at radius 2 is 0.839 bits per heavy atom. The summed E-state index contributed by atoms with van der Waals surface area (Å²) in [4.78, 5) is -0.889. The van der Waals surface area contributed by atoms with Crippen molar-refractivity contribution in [3.8, 4) is 11.1 Å². The summed E-state index contributed by atoms with van der Waals surface area (Å²) in [7, 11) is 0. The van der Waals surface area contributed by atoms with Gasteiger partial charge in [-0.15, -0.1) is 11.6 Å². The third-order valence-electron chi connectivity index (χ3n) is 9.89. The fraction of sp³-hybridized carbons (Fsp3) is 0.280. The number of aliphatic hydroxyl groups excluding tert-OH is 1. The van der Waals surface area contributed by atoms with Crippen LogP contribution < -0.4 is 0 Å². The molecule has 0 heterocycles. The van der Waals surface area contributed by atoms with Gasteiger partial charge in [-0.1, -0.05) is 158 Å². The Balaban J connectivity index is 1.32. The van der Waals surface area contributed by atoms with Crippen LogP contribution in [-0.4, -0.2) is 55.9 Å². The lowest BCUT2D eigenvalue weighted by Crippen LogP contribution is -2.38. The van der Waals surface area contributed by atoms with E-state index in [-0.39, 0.29) is 24.9 Å². The second-order valence-corrected chi connectivity index (χ2v) is 15.1. The maximum atomic E-state index is 9.52. The molecule has 0 saturated carbocycles. The van der Waals surface area contributed by atoms with E-state index in [1.807, 2.05) is 62.4 Å². The maximum absolute atomic E-state index is 9.52. The van der Waals surface area contributed by atoms with Crippen LogP contribution in [0.3, 0.4) is 0 Å². The van der Waals surface area contributed by atoms with Crippen molar-refractivity contribution in [1.29, 1.82) is 0 Å². The number of ether oxygens (including phenoxy) is 4. The Bertz CT molecular complexity index is 1980. The summed E-state index contributed by atoms with van der Waals surface area (Å²) in [6.07, 6.45) is -1.08. The molecule has 290 valence electrons. The highest BCUT2D eigenvalue weighted by Gasteiger charge is 2.40. The molecule has 0 saturated heterocycles. The van der Waals surface area contributed by atoms with Crippen molar-refractivity contribution >= 4 is 11.6 Å². The Hall–Kier alpha value is -4.59. The van der Waals surface area contributed by atoms with E-state index in [9.17, 15) is 5.11 Å². The highest BCUT2D eigenvalue weighted by atomic mass is 35.5. The second-order valence-electron chi connectivity index (χ2n) is 14.6. The quantitative estimate of drug-likeness (QED) is 0.0657. The monoisotopic (exact) mass is 768 g/mol. The van der Waals surface area contributed by atoms with Gasteiger partial charge in [0.15, 0.2) is 0 Å². The smallest absolute Gasteiger partial charge is 0.144 e. The maximum Gasteiger partial charge on any atom is 0.144 e. The van der Waals surface area contributed by atoms with Gasteiger partial charge in [-0.3, -0.25) is 0 Å². The van der Waals surface area contributed by atoms with Crippen molar-refractivity contribution < 1.29 is 24.1 Å². The molecule has 0 spiro atoms. The van der Waals surface area contributed by atoms with Gasteiger partial charge in [0.25, 0.3) is 0 Å². The van der Waals surface area contributed by atoms with Crippen LogP contribution in [0.2, 0.25) is 0 Å². The lowest BCUT2D eigenvalue weighted by molar-refractivity contribution is -0.0989. The van der Waals surface area contributed by atoms with Gasteiger partial charge in [-0.25, -0.2) is 0 Å². The average Bonchev–Trinajstić information content (AvgIpc) is 3.25. The lowest BCUT2D eigenvalue weighted by atomic mass is 9.78. The summed E-state index contributed by atoms with van der Waals surface area (Å²) in [5.41, 5.74) is 7.16. The van der Waals surface area contributed by atoms with Gasteiger partial charge >= 0.3 is 0 Å². The molecule has 0 amide bonds. The summed E-state index contributed by atoms with van der Waals surface area (Å²) < 4.78 is 25.1. The number of aliphatic hydroxyl groups is 1. The van der Waals surface area contributed by atoms with Crippen molar-refractivity contribution in [3.63, 3.8) is 0 Å². The molecular weight excluding hydrogens is 716 g/mol. The van der Waals surface area contributed by atoms with Gasteiger partial charge in [-0.05, 0) is 84.3 Å². The first-order valence-corrected chi connectivity index (χ1v) is 19.9. The summed E-state index contributed by atoms with van der Waals surface area (Å²) >= 11 is 7.76.